The molecule has 0 saturated carbocycles. The minimum atomic E-state index is 0.271. The highest BCUT2D eigenvalue weighted by Crippen LogP contribution is 1.86. The fourth-order valence-electron chi connectivity index (χ4n) is 0.373. The fourth-order valence-corrected chi connectivity index (χ4v) is 0.373. The maximum atomic E-state index is 8.74. The molecule has 0 saturated heterocycles. The molecular weight excluding hydrogens is 104 g/mol. The first-order valence-corrected chi connectivity index (χ1v) is 2.76. The standard InChI is InChI=1S/C5H12N2O/c1-3-5(6)7(8)4-2/h6,8H,3-4H2,1-2H3. The van der Waals surface area contributed by atoms with Gasteiger partial charge in [0.25, 0.3) is 0 Å². The summed E-state index contributed by atoms with van der Waals surface area (Å²) < 4.78 is 0. The van der Waals surface area contributed by atoms with Crippen LogP contribution in [-0.2, 0) is 0 Å². The third-order valence-corrected chi connectivity index (χ3v) is 0.946. The van der Waals surface area contributed by atoms with Crippen LogP contribution < -0.4 is 0 Å². The van der Waals surface area contributed by atoms with Gasteiger partial charge in [0.1, 0.15) is 5.84 Å². The number of hydrogen-bond donors (Lipinski definition) is 2. The van der Waals surface area contributed by atoms with E-state index in [0.29, 0.717) is 13.0 Å². The average Bonchev–Trinajstić information content (AvgIpc) is 1.84. The molecule has 0 heterocycles. The number of hydrogen-bond acceptors (Lipinski definition) is 2. The van der Waals surface area contributed by atoms with Crippen LogP contribution in [0, 0.1) is 5.41 Å². The monoisotopic (exact) mass is 116 g/mol. The SMILES string of the molecule is CCC(=N)N(O)CC. The van der Waals surface area contributed by atoms with Crippen LogP contribution in [0.3, 0.4) is 0 Å². The Labute approximate surface area is 49.4 Å². The zero-order valence-electron chi connectivity index (χ0n) is 5.31. The van der Waals surface area contributed by atoms with Crippen molar-refractivity contribution in [2.45, 2.75) is 20.3 Å². The molecule has 48 valence electrons. The molecular formula is C5H12N2O. The van der Waals surface area contributed by atoms with Crippen molar-refractivity contribution >= 4 is 5.84 Å². The van der Waals surface area contributed by atoms with Crippen molar-refractivity contribution in [2.75, 3.05) is 6.54 Å². The van der Waals surface area contributed by atoms with E-state index in [0.717, 1.165) is 5.06 Å². The Morgan fingerprint density at radius 1 is 1.62 bits per heavy atom. The second-order valence-electron chi connectivity index (χ2n) is 1.52. The maximum Gasteiger partial charge on any atom is 0.120 e. The zero-order valence-corrected chi connectivity index (χ0v) is 5.31. The van der Waals surface area contributed by atoms with Crippen molar-refractivity contribution < 1.29 is 5.21 Å². The highest BCUT2D eigenvalue weighted by molar-refractivity contribution is 5.77. The molecule has 0 unspecified atom stereocenters. The van der Waals surface area contributed by atoms with Crippen molar-refractivity contribution in [3.05, 3.63) is 0 Å². The highest BCUT2D eigenvalue weighted by atomic mass is 16.5. The molecule has 0 spiro atoms. The van der Waals surface area contributed by atoms with E-state index in [9.17, 15) is 0 Å². The van der Waals surface area contributed by atoms with Crippen LogP contribution in [0.2, 0.25) is 0 Å². The molecule has 2 N–H and O–H groups in total. The molecule has 0 radical (unpaired) electrons. The minimum absolute atomic E-state index is 0.271. The smallest absolute Gasteiger partial charge is 0.120 e. The molecule has 0 amide bonds. The van der Waals surface area contributed by atoms with Crippen molar-refractivity contribution in [1.82, 2.24) is 5.06 Å². The lowest BCUT2D eigenvalue weighted by atomic mass is 10.4. The van der Waals surface area contributed by atoms with E-state index in [2.05, 4.69) is 0 Å². The van der Waals surface area contributed by atoms with Gasteiger partial charge in [-0.1, -0.05) is 6.92 Å². The van der Waals surface area contributed by atoms with E-state index in [4.69, 9.17) is 10.6 Å². The predicted molar refractivity (Wildman–Crippen MR) is 32.2 cm³/mol. The minimum Gasteiger partial charge on any atom is -0.287 e. The van der Waals surface area contributed by atoms with E-state index in [1.165, 1.54) is 0 Å². The Bertz CT molecular complexity index is 82.5. The van der Waals surface area contributed by atoms with Crippen LogP contribution in [0.15, 0.2) is 0 Å². The Morgan fingerprint density at radius 3 is 2.25 bits per heavy atom. The van der Waals surface area contributed by atoms with Crippen LogP contribution >= 0.6 is 0 Å². The van der Waals surface area contributed by atoms with E-state index in [1.54, 1.807) is 6.92 Å². The second-order valence-corrected chi connectivity index (χ2v) is 1.52. The molecule has 0 aliphatic heterocycles. The van der Waals surface area contributed by atoms with E-state index < -0.39 is 0 Å². The number of rotatable bonds is 2. The van der Waals surface area contributed by atoms with Gasteiger partial charge < -0.3 is 0 Å². The summed E-state index contributed by atoms with van der Waals surface area (Å²) in [6.45, 7) is 4.12. The molecule has 0 fully saturated rings. The van der Waals surface area contributed by atoms with Gasteiger partial charge in [-0.15, -0.1) is 0 Å². The lowest BCUT2D eigenvalue weighted by Gasteiger charge is -2.12. The van der Waals surface area contributed by atoms with Gasteiger partial charge in [0.15, 0.2) is 0 Å². The summed E-state index contributed by atoms with van der Waals surface area (Å²) in [6.07, 6.45) is 0.588. The summed E-state index contributed by atoms with van der Waals surface area (Å²) in [5.41, 5.74) is 0. The first kappa shape index (κ1) is 7.43. The van der Waals surface area contributed by atoms with Crippen molar-refractivity contribution in [1.29, 1.82) is 5.41 Å². The Morgan fingerprint density at radius 2 is 2.12 bits per heavy atom. The number of hydroxylamine groups is 2. The Balaban J connectivity index is 3.46. The van der Waals surface area contributed by atoms with Crippen LogP contribution in [0.5, 0.6) is 0 Å². The van der Waals surface area contributed by atoms with Crippen LogP contribution in [-0.4, -0.2) is 22.7 Å². The molecule has 0 aliphatic carbocycles. The van der Waals surface area contributed by atoms with Crippen LogP contribution in [0.1, 0.15) is 20.3 Å². The second kappa shape index (κ2) is 3.43. The van der Waals surface area contributed by atoms with Crippen molar-refractivity contribution in [3.63, 3.8) is 0 Å². The summed E-state index contributed by atoms with van der Waals surface area (Å²) in [5, 5.41) is 16.7. The summed E-state index contributed by atoms with van der Waals surface area (Å²) in [4.78, 5) is 0. The average molecular weight is 116 g/mol. The van der Waals surface area contributed by atoms with Crippen LogP contribution in [0.25, 0.3) is 0 Å². The fraction of sp³-hybridized carbons (Fsp3) is 0.800. The highest BCUT2D eigenvalue weighted by Gasteiger charge is 1.97. The molecule has 0 aromatic heterocycles. The number of nitrogens with one attached hydrogen (secondary N) is 1. The lowest BCUT2D eigenvalue weighted by molar-refractivity contribution is -0.0123. The van der Waals surface area contributed by atoms with Gasteiger partial charge in [-0.05, 0) is 6.92 Å². The third-order valence-electron chi connectivity index (χ3n) is 0.946. The Kier molecular flexibility index (Phi) is 3.19. The summed E-state index contributed by atoms with van der Waals surface area (Å²) >= 11 is 0. The van der Waals surface area contributed by atoms with Gasteiger partial charge in [0, 0.05) is 13.0 Å². The number of nitrogens with zero attached hydrogens (tertiary/aromatic N) is 1. The summed E-state index contributed by atoms with van der Waals surface area (Å²) in [7, 11) is 0. The predicted octanol–water partition coefficient (Wildman–Crippen LogP) is 1.08. The van der Waals surface area contributed by atoms with E-state index in [1.807, 2.05) is 6.92 Å². The summed E-state index contributed by atoms with van der Waals surface area (Å²) in [5.74, 6) is 0.271. The molecule has 0 atom stereocenters. The van der Waals surface area contributed by atoms with Gasteiger partial charge in [0.05, 0.1) is 0 Å². The van der Waals surface area contributed by atoms with Gasteiger partial charge in [-0.3, -0.25) is 10.6 Å². The molecule has 3 nitrogen and oxygen atoms in total. The third kappa shape index (κ3) is 1.93. The summed E-state index contributed by atoms with van der Waals surface area (Å²) in [6, 6.07) is 0. The molecule has 0 bridgehead atoms. The lowest BCUT2D eigenvalue weighted by Crippen LogP contribution is -2.25. The molecule has 8 heavy (non-hydrogen) atoms. The topological polar surface area (TPSA) is 47.3 Å². The maximum absolute atomic E-state index is 8.74. The van der Waals surface area contributed by atoms with Crippen molar-refractivity contribution in [2.24, 2.45) is 0 Å². The quantitative estimate of drug-likeness (QED) is 0.322. The normalized spacial score (nSPS) is 8.88. The molecule has 0 aliphatic rings. The van der Waals surface area contributed by atoms with E-state index in [-0.39, 0.29) is 5.84 Å². The number of amidine groups is 1. The first-order valence-electron chi connectivity index (χ1n) is 2.76. The van der Waals surface area contributed by atoms with E-state index >= 15 is 0 Å². The molecule has 0 rings (SSSR count). The largest absolute Gasteiger partial charge is 0.287 e. The molecule has 3 heteroatoms. The first-order chi connectivity index (χ1) is 3.72. The van der Waals surface area contributed by atoms with Gasteiger partial charge in [0.2, 0.25) is 0 Å². The van der Waals surface area contributed by atoms with Gasteiger partial charge in [-0.2, -0.15) is 0 Å². The van der Waals surface area contributed by atoms with Crippen LogP contribution in [0.4, 0.5) is 0 Å². The van der Waals surface area contributed by atoms with Gasteiger partial charge in [-0.25, -0.2) is 5.06 Å². The zero-order chi connectivity index (χ0) is 6.57. The van der Waals surface area contributed by atoms with Crippen molar-refractivity contribution in [3.8, 4) is 0 Å². The molecule has 0 aromatic carbocycles. The molecule has 0 aromatic rings. The Hall–Kier alpha value is -0.570. The van der Waals surface area contributed by atoms with Gasteiger partial charge >= 0.3 is 0 Å².